The molecule has 1 N–H and O–H groups in total. The van der Waals surface area contributed by atoms with Crippen molar-refractivity contribution in [3.8, 4) is 6.07 Å². The lowest BCUT2D eigenvalue weighted by molar-refractivity contribution is 0.625. The molecule has 3 aromatic rings. The Morgan fingerprint density at radius 2 is 2.12 bits per heavy atom. The standard InChI is InChI=1S/C17H8BrClFN3O/c18-11-1-4-14(20)9(6-11)5-10(8-21)16-22-15-7-12(19)2-3-13(15)17(24)23-16/h1-7H,(H,22,23,24)/b10-5+. The number of fused-ring (bicyclic) bond motifs is 1. The minimum atomic E-state index is -0.489. The molecule has 24 heavy (non-hydrogen) atoms. The van der Waals surface area contributed by atoms with Crippen LogP contribution < -0.4 is 5.56 Å². The first-order chi connectivity index (χ1) is 11.5. The molecule has 2 aromatic carbocycles. The highest BCUT2D eigenvalue weighted by atomic mass is 79.9. The second-order valence-electron chi connectivity index (χ2n) is 4.91. The Kier molecular flexibility index (Phi) is 4.47. The van der Waals surface area contributed by atoms with Crippen molar-refractivity contribution in [3.05, 3.63) is 73.5 Å². The summed E-state index contributed by atoms with van der Waals surface area (Å²) in [6.07, 6.45) is 1.33. The molecule has 0 spiro atoms. The smallest absolute Gasteiger partial charge is 0.259 e. The van der Waals surface area contributed by atoms with Gasteiger partial charge in [-0.3, -0.25) is 4.79 Å². The Balaban J connectivity index is 2.20. The lowest BCUT2D eigenvalue weighted by Crippen LogP contribution is -2.11. The first-order valence-electron chi connectivity index (χ1n) is 6.75. The van der Waals surface area contributed by atoms with Gasteiger partial charge in [0.1, 0.15) is 11.9 Å². The third-order valence-corrected chi connectivity index (χ3v) is 4.03. The molecule has 0 bridgehead atoms. The maximum absolute atomic E-state index is 13.9. The fraction of sp³-hybridized carbons (Fsp3) is 0. The third kappa shape index (κ3) is 3.23. The lowest BCUT2D eigenvalue weighted by Gasteiger charge is -2.03. The highest BCUT2D eigenvalue weighted by Gasteiger charge is 2.10. The third-order valence-electron chi connectivity index (χ3n) is 3.30. The van der Waals surface area contributed by atoms with E-state index in [1.165, 1.54) is 24.3 Å². The molecule has 0 saturated carbocycles. The topological polar surface area (TPSA) is 69.5 Å². The fourth-order valence-electron chi connectivity index (χ4n) is 2.17. The summed E-state index contributed by atoms with van der Waals surface area (Å²) >= 11 is 9.17. The Labute approximate surface area is 149 Å². The van der Waals surface area contributed by atoms with Crippen molar-refractivity contribution in [2.45, 2.75) is 0 Å². The molecule has 0 saturated heterocycles. The zero-order valence-corrected chi connectivity index (χ0v) is 14.3. The van der Waals surface area contributed by atoms with Gasteiger partial charge in [0.2, 0.25) is 0 Å². The Morgan fingerprint density at radius 1 is 1.33 bits per heavy atom. The number of nitrogens with one attached hydrogen (secondary N) is 1. The van der Waals surface area contributed by atoms with Crippen LogP contribution in [0.2, 0.25) is 5.02 Å². The molecular weight excluding hydrogens is 397 g/mol. The number of nitriles is 1. The van der Waals surface area contributed by atoms with E-state index in [-0.39, 0.29) is 17.0 Å². The van der Waals surface area contributed by atoms with E-state index in [4.69, 9.17) is 11.6 Å². The lowest BCUT2D eigenvalue weighted by atomic mass is 10.1. The molecule has 0 fully saturated rings. The minimum absolute atomic E-state index is 0.0333. The first kappa shape index (κ1) is 16.4. The van der Waals surface area contributed by atoms with Gasteiger partial charge in [-0.2, -0.15) is 5.26 Å². The largest absolute Gasteiger partial charge is 0.305 e. The number of H-pyrrole nitrogens is 1. The molecule has 0 amide bonds. The predicted octanol–water partition coefficient (Wildman–Crippen LogP) is 4.54. The van der Waals surface area contributed by atoms with E-state index >= 15 is 0 Å². The first-order valence-corrected chi connectivity index (χ1v) is 7.92. The average Bonchev–Trinajstić information content (AvgIpc) is 2.55. The fourth-order valence-corrected chi connectivity index (χ4v) is 2.72. The van der Waals surface area contributed by atoms with Gasteiger partial charge < -0.3 is 4.98 Å². The van der Waals surface area contributed by atoms with Crippen LogP contribution >= 0.6 is 27.5 Å². The van der Waals surface area contributed by atoms with Crippen LogP contribution in [0.15, 0.2) is 45.7 Å². The summed E-state index contributed by atoms with van der Waals surface area (Å²) in [5.41, 5.74) is 0.195. The average molecular weight is 405 g/mol. The maximum atomic E-state index is 13.9. The van der Waals surface area contributed by atoms with Crippen LogP contribution in [-0.2, 0) is 0 Å². The Morgan fingerprint density at radius 3 is 2.88 bits per heavy atom. The molecule has 3 rings (SSSR count). The quantitative estimate of drug-likeness (QED) is 0.637. The Bertz CT molecular complexity index is 1090. The van der Waals surface area contributed by atoms with Crippen molar-refractivity contribution in [1.82, 2.24) is 9.97 Å². The zero-order valence-electron chi connectivity index (χ0n) is 12.0. The molecule has 4 nitrogen and oxygen atoms in total. The molecule has 1 heterocycles. The van der Waals surface area contributed by atoms with Gasteiger partial charge in [-0.25, -0.2) is 9.37 Å². The van der Waals surface area contributed by atoms with Gasteiger partial charge in [0.05, 0.1) is 16.5 Å². The normalized spacial score (nSPS) is 11.5. The highest BCUT2D eigenvalue weighted by Crippen LogP contribution is 2.22. The number of halogens is 3. The number of nitrogens with zero attached hydrogens (tertiary/aromatic N) is 2. The molecule has 7 heteroatoms. The zero-order chi connectivity index (χ0) is 17.3. The summed E-state index contributed by atoms with van der Waals surface area (Å²) < 4.78 is 14.5. The van der Waals surface area contributed by atoms with Crippen LogP contribution in [0.1, 0.15) is 11.4 Å². The summed E-state index contributed by atoms with van der Waals surface area (Å²) in [5, 5.41) is 10.2. The van der Waals surface area contributed by atoms with E-state index in [2.05, 4.69) is 25.9 Å². The summed E-state index contributed by atoms with van der Waals surface area (Å²) in [4.78, 5) is 18.9. The maximum Gasteiger partial charge on any atom is 0.259 e. The van der Waals surface area contributed by atoms with Gasteiger partial charge in [-0.05, 0) is 42.5 Å². The number of aromatic nitrogens is 2. The minimum Gasteiger partial charge on any atom is -0.305 e. The van der Waals surface area contributed by atoms with Gasteiger partial charge in [-0.1, -0.05) is 27.5 Å². The number of hydrogen-bond acceptors (Lipinski definition) is 3. The number of rotatable bonds is 2. The van der Waals surface area contributed by atoms with Gasteiger partial charge in [0, 0.05) is 15.1 Å². The molecule has 0 aliphatic rings. The number of benzene rings is 2. The van der Waals surface area contributed by atoms with Crippen molar-refractivity contribution in [2.75, 3.05) is 0 Å². The van der Waals surface area contributed by atoms with E-state index in [1.807, 2.05) is 6.07 Å². The molecular formula is C17H8BrClFN3O. The molecule has 0 radical (unpaired) electrons. The molecule has 118 valence electrons. The molecule has 0 aliphatic carbocycles. The van der Waals surface area contributed by atoms with Crippen molar-refractivity contribution in [1.29, 1.82) is 5.26 Å². The van der Waals surface area contributed by atoms with Gasteiger partial charge in [-0.15, -0.1) is 0 Å². The number of aromatic amines is 1. The summed E-state index contributed by atoms with van der Waals surface area (Å²) in [5.74, 6) is -0.436. The second kappa shape index (κ2) is 6.56. The van der Waals surface area contributed by atoms with Crippen molar-refractivity contribution in [2.24, 2.45) is 0 Å². The van der Waals surface area contributed by atoms with Crippen LogP contribution in [0.25, 0.3) is 22.6 Å². The van der Waals surface area contributed by atoms with E-state index < -0.39 is 11.4 Å². The van der Waals surface area contributed by atoms with E-state index in [0.717, 1.165) is 0 Å². The second-order valence-corrected chi connectivity index (χ2v) is 6.26. The van der Waals surface area contributed by atoms with Gasteiger partial charge in [0.25, 0.3) is 5.56 Å². The molecule has 0 atom stereocenters. The predicted molar refractivity (Wildman–Crippen MR) is 95.0 cm³/mol. The van der Waals surface area contributed by atoms with Crippen molar-refractivity contribution >= 4 is 50.1 Å². The number of hydrogen-bond donors (Lipinski definition) is 1. The molecule has 0 aliphatic heterocycles. The monoisotopic (exact) mass is 403 g/mol. The van der Waals surface area contributed by atoms with E-state index in [0.29, 0.717) is 20.4 Å². The highest BCUT2D eigenvalue weighted by molar-refractivity contribution is 9.10. The summed E-state index contributed by atoms with van der Waals surface area (Å²) in [6.45, 7) is 0. The van der Waals surface area contributed by atoms with Crippen LogP contribution in [0.5, 0.6) is 0 Å². The van der Waals surface area contributed by atoms with Crippen LogP contribution in [0, 0.1) is 17.1 Å². The molecule has 1 aromatic heterocycles. The van der Waals surface area contributed by atoms with Crippen LogP contribution in [-0.4, -0.2) is 9.97 Å². The molecule has 0 unspecified atom stereocenters. The Hall–Kier alpha value is -2.49. The summed E-state index contributed by atoms with van der Waals surface area (Å²) in [6, 6.07) is 11.0. The summed E-state index contributed by atoms with van der Waals surface area (Å²) in [7, 11) is 0. The SMILES string of the molecule is N#C/C(=C\c1cc(Br)ccc1F)c1nc2cc(Cl)ccc2c(=O)[nH]1. The van der Waals surface area contributed by atoms with Crippen LogP contribution in [0.3, 0.4) is 0 Å². The van der Waals surface area contributed by atoms with Gasteiger partial charge >= 0.3 is 0 Å². The van der Waals surface area contributed by atoms with Crippen LogP contribution in [0.4, 0.5) is 4.39 Å². The number of allylic oxidation sites excluding steroid dienone is 1. The van der Waals surface area contributed by atoms with E-state index in [1.54, 1.807) is 18.2 Å². The van der Waals surface area contributed by atoms with Gasteiger partial charge in [0.15, 0.2) is 5.82 Å². The van der Waals surface area contributed by atoms with E-state index in [9.17, 15) is 14.4 Å². The van der Waals surface area contributed by atoms with Crippen molar-refractivity contribution < 1.29 is 4.39 Å². The van der Waals surface area contributed by atoms with Crippen molar-refractivity contribution in [3.63, 3.8) is 0 Å².